The second-order valence-corrected chi connectivity index (χ2v) is 10.5. The molecule has 2 aromatic carbocycles. The summed E-state index contributed by atoms with van der Waals surface area (Å²) in [5.41, 5.74) is 1.86. The van der Waals surface area contributed by atoms with Crippen LogP contribution in [0.5, 0.6) is 0 Å². The van der Waals surface area contributed by atoms with Gasteiger partial charge >= 0.3 is 0 Å². The Kier molecular flexibility index (Phi) is 9.10. The number of sulfonamides is 1. The number of hydrogen-bond acceptors (Lipinski definition) is 4. The molecule has 0 radical (unpaired) electrons. The highest BCUT2D eigenvalue weighted by atomic mass is 32.2. The van der Waals surface area contributed by atoms with Crippen LogP contribution in [-0.2, 0) is 21.2 Å². The Balaban J connectivity index is 1.60. The van der Waals surface area contributed by atoms with Crippen molar-refractivity contribution in [2.45, 2.75) is 57.3 Å². The zero-order chi connectivity index (χ0) is 24.6. The van der Waals surface area contributed by atoms with E-state index in [4.69, 9.17) is 0 Å². The van der Waals surface area contributed by atoms with E-state index in [2.05, 4.69) is 23.9 Å². The fraction of sp³-hybridized carbons (Fsp3) is 0.462. The Hall–Kier alpha value is -2.87. The summed E-state index contributed by atoms with van der Waals surface area (Å²) in [5.74, 6) is -0.155. The summed E-state index contributed by atoms with van der Waals surface area (Å²) in [4.78, 5) is 27.2. The average Bonchev–Trinajstić information content (AvgIpc) is 2.84. The molecule has 0 aliphatic carbocycles. The standard InChI is InChI=1S/C26H35N3O4S/c1-3-5-16-27-25(30)21-14-17-29(18-15-21)26(31)22-8-6-9-23(19-22)28-34(32,33)24-12-10-20(7-4-2)11-13-24/h6,8-13,19,21,28H,3-5,7,14-18H2,1-2H3,(H,27,30). The van der Waals surface area contributed by atoms with Crippen molar-refractivity contribution in [3.8, 4) is 0 Å². The molecule has 0 saturated carbocycles. The molecule has 0 spiro atoms. The maximum atomic E-state index is 13.0. The number of amides is 2. The van der Waals surface area contributed by atoms with Crippen LogP contribution in [0.3, 0.4) is 0 Å². The van der Waals surface area contributed by atoms with Gasteiger partial charge in [-0.3, -0.25) is 14.3 Å². The molecular formula is C26H35N3O4S. The van der Waals surface area contributed by atoms with Gasteiger partial charge in [-0.25, -0.2) is 8.42 Å². The van der Waals surface area contributed by atoms with Crippen LogP contribution in [0, 0.1) is 5.92 Å². The van der Waals surface area contributed by atoms with Crippen LogP contribution < -0.4 is 10.0 Å². The smallest absolute Gasteiger partial charge is 0.261 e. The molecule has 184 valence electrons. The molecule has 0 bridgehead atoms. The van der Waals surface area contributed by atoms with Gasteiger partial charge in [-0.15, -0.1) is 0 Å². The molecule has 7 nitrogen and oxygen atoms in total. The van der Waals surface area contributed by atoms with Crippen LogP contribution >= 0.6 is 0 Å². The first-order valence-corrected chi connectivity index (χ1v) is 13.6. The van der Waals surface area contributed by atoms with E-state index in [1.54, 1.807) is 41.3 Å². The predicted octanol–water partition coefficient (Wildman–Crippen LogP) is 4.21. The van der Waals surface area contributed by atoms with Crippen molar-refractivity contribution in [3.63, 3.8) is 0 Å². The summed E-state index contributed by atoms with van der Waals surface area (Å²) in [6, 6.07) is 13.4. The number of nitrogens with one attached hydrogen (secondary N) is 2. The molecule has 0 aromatic heterocycles. The van der Waals surface area contributed by atoms with Crippen LogP contribution in [0.15, 0.2) is 53.4 Å². The zero-order valence-corrected chi connectivity index (χ0v) is 20.9. The number of benzene rings is 2. The lowest BCUT2D eigenvalue weighted by Gasteiger charge is -2.31. The average molecular weight is 486 g/mol. The Morgan fingerprint density at radius 1 is 1.00 bits per heavy atom. The largest absolute Gasteiger partial charge is 0.356 e. The van der Waals surface area contributed by atoms with E-state index in [9.17, 15) is 18.0 Å². The third kappa shape index (κ3) is 6.82. The molecule has 2 aromatic rings. The first-order valence-electron chi connectivity index (χ1n) is 12.1. The maximum Gasteiger partial charge on any atom is 0.261 e. The van der Waals surface area contributed by atoms with Crippen LogP contribution in [0.4, 0.5) is 5.69 Å². The Labute approximate surface area is 203 Å². The summed E-state index contributed by atoms with van der Waals surface area (Å²) in [6.45, 7) is 5.87. The third-order valence-corrected chi connectivity index (χ3v) is 7.51. The number of anilines is 1. The van der Waals surface area contributed by atoms with E-state index in [1.165, 1.54) is 0 Å². The summed E-state index contributed by atoms with van der Waals surface area (Å²) in [7, 11) is -3.76. The number of aryl methyl sites for hydroxylation is 1. The molecule has 34 heavy (non-hydrogen) atoms. The number of carbonyl (C=O) groups is 2. The zero-order valence-electron chi connectivity index (χ0n) is 20.0. The van der Waals surface area contributed by atoms with Gasteiger partial charge in [0.25, 0.3) is 15.9 Å². The number of nitrogens with zero attached hydrogens (tertiary/aromatic N) is 1. The fourth-order valence-corrected chi connectivity index (χ4v) is 5.16. The van der Waals surface area contributed by atoms with E-state index in [-0.39, 0.29) is 22.6 Å². The van der Waals surface area contributed by atoms with Gasteiger partial charge in [0.1, 0.15) is 0 Å². The van der Waals surface area contributed by atoms with E-state index >= 15 is 0 Å². The van der Waals surface area contributed by atoms with Crippen molar-refractivity contribution in [2.24, 2.45) is 5.92 Å². The van der Waals surface area contributed by atoms with E-state index in [1.807, 2.05) is 12.1 Å². The van der Waals surface area contributed by atoms with Gasteiger partial charge in [0.2, 0.25) is 5.91 Å². The number of likely N-dealkylation sites (tertiary alicyclic amines) is 1. The van der Waals surface area contributed by atoms with Crippen LogP contribution in [0.1, 0.15) is 61.9 Å². The Bertz CT molecular complexity index is 1080. The summed E-state index contributed by atoms with van der Waals surface area (Å²) in [5, 5.41) is 2.97. The lowest BCUT2D eigenvalue weighted by molar-refractivity contribution is -0.126. The van der Waals surface area contributed by atoms with E-state index in [0.717, 1.165) is 31.2 Å². The maximum absolute atomic E-state index is 13.0. The monoisotopic (exact) mass is 485 g/mol. The first-order chi connectivity index (χ1) is 16.3. The van der Waals surface area contributed by atoms with Gasteiger partial charge in [-0.1, -0.05) is 44.9 Å². The molecule has 2 amide bonds. The van der Waals surface area contributed by atoms with Crippen molar-refractivity contribution < 1.29 is 18.0 Å². The van der Waals surface area contributed by atoms with Crippen molar-refractivity contribution in [1.82, 2.24) is 10.2 Å². The van der Waals surface area contributed by atoms with Crippen molar-refractivity contribution in [2.75, 3.05) is 24.4 Å². The molecule has 3 rings (SSSR count). The van der Waals surface area contributed by atoms with Crippen LogP contribution in [0.2, 0.25) is 0 Å². The minimum atomic E-state index is -3.76. The van der Waals surface area contributed by atoms with Crippen molar-refractivity contribution in [3.05, 3.63) is 59.7 Å². The first kappa shape index (κ1) is 25.7. The molecule has 1 heterocycles. The van der Waals surface area contributed by atoms with Gasteiger partial charge in [-0.05, 0) is 61.6 Å². The molecule has 0 atom stereocenters. The van der Waals surface area contributed by atoms with Gasteiger partial charge in [-0.2, -0.15) is 0 Å². The third-order valence-electron chi connectivity index (χ3n) is 6.12. The number of piperidine rings is 1. The molecule has 8 heteroatoms. The van der Waals surface area contributed by atoms with E-state index < -0.39 is 10.0 Å². The molecule has 1 aliphatic heterocycles. The highest BCUT2D eigenvalue weighted by Gasteiger charge is 2.28. The van der Waals surface area contributed by atoms with Crippen LogP contribution in [-0.4, -0.2) is 44.8 Å². The molecule has 1 saturated heterocycles. The van der Waals surface area contributed by atoms with Crippen molar-refractivity contribution in [1.29, 1.82) is 0 Å². The molecular weight excluding hydrogens is 450 g/mol. The second kappa shape index (κ2) is 12.0. The minimum absolute atomic E-state index is 0.0669. The predicted molar refractivity (Wildman–Crippen MR) is 134 cm³/mol. The van der Waals surface area contributed by atoms with Gasteiger partial charge in [0, 0.05) is 36.8 Å². The van der Waals surface area contributed by atoms with Crippen LogP contribution in [0.25, 0.3) is 0 Å². The SMILES string of the molecule is CCCCNC(=O)C1CCN(C(=O)c2cccc(NS(=O)(=O)c3ccc(CCC)cc3)c2)CC1. The number of rotatable bonds is 10. The number of unbranched alkanes of at least 4 members (excludes halogenated alkanes) is 1. The second-order valence-electron chi connectivity index (χ2n) is 8.79. The Morgan fingerprint density at radius 2 is 1.71 bits per heavy atom. The normalized spacial score (nSPS) is 14.6. The van der Waals surface area contributed by atoms with Crippen molar-refractivity contribution >= 4 is 27.5 Å². The lowest BCUT2D eigenvalue weighted by atomic mass is 9.95. The number of hydrogen-bond donors (Lipinski definition) is 2. The summed E-state index contributed by atoms with van der Waals surface area (Å²) < 4.78 is 28.2. The van der Waals surface area contributed by atoms with Gasteiger partial charge in [0.05, 0.1) is 4.90 Å². The fourth-order valence-electron chi connectivity index (χ4n) is 4.11. The quantitative estimate of drug-likeness (QED) is 0.493. The minimum Gasteiger partial charge on any atom is -0.356 e. The van der Waals surface area contributed by atoms with Gasteiger partial charge < -0.3 is 10.2 Å². The van der Waals surface area contributed by atoms with Gasteiger partial charge in [0.15, 0.2) is 0 Å². The highest BCUT2D eigenvalue weighted by molar-refractivity contribution is 7.92. The number of carbonyl (C=O) groups excluding carboxylic acids is 2. The highest BCUT2D eigenvalue weighted by Crippen LogP contribution is 2.22. The molecule has 1 fully saturated rings. The van der Waals surface area contributed by atoms with E-state index in [0.29, 0.717) is 43.7 Å². The molecule has 0 unspecified atom stereocenters. The Morgan fingerprint density at radius 3 is 2.35 bits per heavy atom. The summed E-state index contributed by atoms with van der Waals surface area (Å²) >= 11 is 0. The topological polar surface area (TPSA) is 95.6 Å². The lowest BCUT2D eigenvalue weighted by Crippen LogP contribution is -2.43. The summed E-state index contributed by atoms with van der Waals surface area (Å²) in [6.07, 6.45) is 5.16. The molecule has 1 aliphatic rings. The molecule has 2 N–H and O–H groups in total.